The summed E-state index contributed by atoms with van der Waals surface area (Å²) >= 11 is 0. The van der Waals surface area contributed by atoms with Gasteiger partial charge in [-0.2, -0.15) is 13.2 Å². The van der Waals surface area contributed by atoms with E-state index in [2.05, 4.69) is 20.5 Å². The Bertz CT molecular complexity index is 1040. The highest BCUT2D eigenvalue weighted by atomic mass is 19.4. The molecule has 0 spiro atoms. The van der Waals surface area contributed by atoms with Gasteiger partial charge in [-0.15, -0.1) is 10.2 Å². The van der Waals surface area contributed by atoms with Gasteiger partial charge >= 0.3 is 6.18 Å². The van der Waals surface area contributed by atoms with Crippen LogP contribution in [0, 0.1) is 0 Å². The van der Waals surface area contributed by atoms with Gasteiger partial charge in [0.2, 0.25) is 0 Å². The number of benzene rings is 1. The van der Waals surface area contributed by atoms with Crippen molar-refractivity contribution in [1.82, 2.24) is 15.2 Å². The number of hydrogen-bond acceptors (Lipinski definition) is 6. The van der Waals surface area contributed by atoms with Crippen molar-refractivity contribution >= 4 is 16.6 Å². The monoisotopic (exact) mass is 404 g/mol. The molecule has 0 radical (unpaired) electrons. The van der Waals surface area contributed by atoms with Crippen LogP contribution >= 0.6 is 0 Å². The molecule has 0 unspecified atom stereocenters. The van der Waals surface area contributed by atoms with E-state index in [1.807, 2.05) is 0 Å². The molecule has 2 heterocycles. The van der Waals surface area contributed by atoms with E-state index in [9.17, 15) is 23.4 Å². The number of aliphatic hydroxyl groups is 1. The fourth-order valence-corrected chi connectivity index (χ4v) is 3.67. The molecule has 2 aromatic heterocycles. The Morgan fingerprint density at radius 1 is 1.03 bits per heavy atom. The molecule has 29 heavy (non-hydrogen) atoms. The summed E-state index contributed by atoms with van der Waals surface area (Å²) in [6, 6.07) is 4.26. The molecule has 2 atom stereocenters. The van der Waals surface area contributed by atoms with E-state index in [0.717, 1.165) is 25.3 Å². The molecule has 1 aliphatic carbocycles. The number of halogens is 3. The number of fused-ring (bicyclic) bond motifs is 1. The summed E-state index contributed by atoms with van der Waals surface area (Å²) in [5.41, 5.74) is -0.545. The van der Waals surface area contributed by atoms with E-state index in [1.165, 1.54) is 12.3 Å². The van der Waals surface area contributed by atoms with Crippen molar-refractivity contribution in [2.75, 3.05) is 5.32 Å². The second-order valence-electron chi connectivity index (χ2n) is 7.15. The molecule has 1 saturated carbocycles. The van der Waals surface area contributed by atoms with Crippen molar-refractivity contribution < 1.29 is 23.4 Å². The number of nitrogens with zero attached hydrogens (tertiary/aromatic N) is 3. The third kappa shape index (κ3) is 3.82. The molecule has 0 amide bonds. The number of anilines is 1. The maximum absolute atomic E-state index is 12.9. The quantitative estimate of drug-likeness (QED) is 0.608. The molecule has 1 fully saturated rings. The summed E-state index contributed by atoms with van der Waals surface area (Å²) in [4.78, 5) is 4.11. The predicted octanol–water partition coefficient (Wildman–Crippen LogP) is 4.13. The second kappa shape index (κ2) is 7.47. The zero-order valence-corrected chi connectivity index (χ0v) is 15.3. The molecule has 1 aliphatic rings. The molecular formula is C20H19F3N4O2. The van der Waals surface area contributed by atoms with Gasteiger partial charge in [0.05, 0.1) is 17.7 Å². The maximum atomic E-state index is 12.9. The Balaban J connectivity index is 1.76. The molecule has 6 nitrogen and oxygen atoms in total. The van der Waals surface area contributed by atoms with Gasteiger partial charge in [-0.05, 0) is 37.1 Å². The van der Waals surface area contributed by atoms with Gasteiger partial charge < -0.3 is 15.5 Å². The smallest absolute Gasteiger partial charge is 0.416 e. The van der Waals surface area contributed by atoms with E-state index < -0.39 is 23.6 Å². The first kappa shape index (κ1) is 19.4. The van der Waals surface area contributed by atoms with Crippen LogP contribution in [0.3, 0.4) is 0 Å². The third-order valence-electron chi connectivity index (χ3n) is 5.21. The summed E-state index contributed by atoms with van der Waals surface area (Å²) < 4.78 is 38.7. The lowest BCUT2D eigenvalue weighted by molar-refractivity contribution is -0.137. The molecule has 152 valence electrons. The second-order valence-corrected chi connectivity index (χ2v) is 7.15. The minimum atomic E-state index is -4.55. The number of phenols is 1. The standard InChI is InChI=1S/C20H19F3N4O2/c21-20(22,23)11-5-6-13(17(29)9-11)18-12-7-8-24-10-14(12)19(27-26-18)25-15-3-1-2-4-16(15)28/h5-10,15-16,28-29H,1-4H2,(H,25,27)/t15-,16+/m0/s1. The predicted molar refractivity (Wildman–Crippen MR) is 101 cm³/mol. The van der Waals surface area contributed by atoms with Crippen LogP contribution in [0.2, 0.25) is 0 Å². The molecule has 1 aromatic carbocycles. The van der Waals surface area contributed by atoms with Gasteiger partial charge in [0.1, 0.15) is 11.4 Å². The fourth-order valence-electron chi connectivity index (χ4n) is 3.67. The van der Waals surface area contributed by atoms with Crippen molar-refractivity contribution in [3.8, 4) is 17.0 Å². The number of phenolic OH excluding ortho intramolecular Hbond substituents is 1. The van der Waals surface area contributed by atoms with Crippen molar-refractivity contribution in [3.63, 3.8) is 0 Å². The summed E-state index contributed by atoms with van der Waals surface area (Å²) in [5, 5.41) is 33.2. The molecular weight excluding hydrogens is 385 g/mol. The molecule has 0 saturated heterocycles. The lowest BCUT2D eigenvalue weighted by Crippen LogP contribution is -2.36. The number of hydrogen-bond donors (Lipinski definition) is 3. The molecule has 3 N–H and O–H groups in total. The minimum Gasteiger partial charge on any atom is -0.507 e. The van der Waals surface area contributed by atoms with Gasteiger partial charge in [0, 0.05) is 28.7 Å². The van der Waals surface area contributed by atoms with Crippen LogP contribution in [0.15, 0.2) is 36.7 Å². The average molecular weight is 404 g/mol. The summed E-state index contributed by atoms with van der Waals surface area (Å²) in [6.07, 6.45) is 1.54. The Kier molecular flexibility index (Phi) is 4.99. The van der Waals surface area contributed by atoms with Crippen LogP contribution in [-0.2, 0) is 6.18 Å². The Morgan fingerprint density at radius 2 is 1.83 bits per heavy atom. The fraction of sp³-hybridized carbons (Fsp3) is 0.350. The molecule has 3 aromatic rings. The van der Waals surface area contributed by atoms with Crippen molar-refractivity contribution in [3.05, 3.63) is 42.2 Å². The zero-order valence-electron chi connectivity index (χ0n) is 15.3. The number of aromatic nitrogens is 3. The average Bonchev–Trinajstić information content (AvgIpc) is 2.69. The topological polar surface area (TPSA) is 91.2 Å². The van der Waals surface area contributed by atoms with Crippen LogP contribution in [0.25, 0.3) is 22.0 Å². The first-order chi connectivity index (χ1) is 13.8. The Morgan fingerprint density at radius 3 is 2.55 bits per heavy atom. The van der Waals surface area contributed by atoms with E-state index >= 15 is 0 Å². The number of rotatable bonds is 3. The lowest BCUT2D eigenvalue weighted by atomic mass is 9.92. The highest BCUT2D eigenvalue weighted by Crippen LogP contribution is 2.38. The SMILES string of the molecule is Oc1cc(C(F)(F)F)ccc1-c1nnc(N[C@H]2CCCC[C@H]2O)c2cnccc12. The molecule has 9 heteroatoms. The third-order valence-corrected chi connectivity index (χ3v) is 5.21. The minimum absolute atomic E-state index is 0.144. The van der Waals surface area contributed by atoms with Gasteiger partial charge in [0.25, 0.3) is 0 Å². The number of aromatic hydroxyl groups is 1. The van der Waals surface area contributed by atoms with Crippen molar-refractivity contribution in [1.29, 1.82) is 0 Å². The number of nitrogens with one attached hydrogen (secondary N) is 1. The van der Waals surface area contributed by atoms with Crippen LogP contribution < -0.4 is 5.32 Å². The van der Waals surface area contributed by atoms with Crippen LogP contribution in [0.5, 0.6) is 5.75 Å². The van der Waals surface area contributed by atoms with Gasteiger partial charge in [-0.25, -0.2) is 0 Å². The first-order valence-corrected chi connectivity index (χ1v) is 9.30. The van der Waals surface area contributed by atoms with Gasteiger partial charge in [-0.1, -0.05) is 12.8 Å². The van der Waals surface area contributed by atoms with Gasteiger partial charge in [-0.3, -0.25) is 4.98 Å². The number of pyridine rings is 1. The van der Waals surface area contributed by atoms with E-state index in [-0.39, 0.29) is 17.3 Å². The highest BCUT2D eigenvalue weighted by molar-refractivity contribution is 6.00. The summed E-state index contributed by atoms with van der Waals surface area (Å²) in [6.45, 7) is 0. The normalized spacial score (nSPS) is 20.0. The lowest BCUT2D eigenvalue weighted by Gasteiger charge is -2.29. The zero-order chi connectivity index (χ0) is 20.6. The molecule has 4 rings (SSSR count). The van der Waals surface area contributed by atoms with Gasteiger partial charge in [0.15, 0.2) is 5.82 Å². The van der Waals surface area contributed by atoms with E-state index in [4.69, 9.17) is 0 Å². The van der Waals surface area contributed by atoms with Crippen LogP contribution in [-0.4, -0.2) is 37.5 Å². The molecule has 0 bridgehead atoms. The van der Waals surface area contributed by atoms with E-state index in [0.29, 0.717) is 29.1 Å². The summed E-state index contributed by atoms with van der Waals surface area (Å²) in [7, 11) is 0. The van der Waals surface area contributed by atoms with Crippen LogP contribution in [0.4, 0.5) is 19.0 Å². The Labute approximate surface area is 164 Å². The molecule has 0 aliphatic heterocycles. The maximum Gasteiger partial charge on any atom is 0.416 e. The summed E-state index contributed by atoms with van der Waals surface area (Å²) in [5.74, 6) is -0.0927. The van der Waals surface area contributed by atoms with Crippen molar-refractivity contribution in [2.45, 2.75) is 44.0 Å². The van der Waals surface area contributed by atoms with Crippen LogP contribution in [0.1, 0.15) is 31.2 Å². The van der Waals surface area contributed by atoms with E-state index in [1.54, 1.807) is 12.3 Å². The number of aliphatic hydroxyl groups excluding tert-OH is 1. The first-order valence-electron chi connectivity index (χ1n) is 9.30. The highest BCUT2D eigenvalue weighted by Gasteiger charge is 2.31. The van der Waals surface area contributed by atoms with Crippen molar-refractivity contribution in [2.24, 2.45) is 0 Å². The number of alkyl halides is 3. The largest absolute Gasteiger partial charge is 0.507 e. The Hall–Kier alpha value is -2.94.